The van der Waals surface area contributed by atoms with Crippen molar-refractivity contribution in [3.63, 3.8) is 0 Å². The van der Waals surface area contributed by atoms with Gasteiger partial charge < -0.3 is 14.0 Å². The number of carbonyl (C=O) groups is 1. The fourth-order valence-corrected chi connectivity index (χ4v) is 4.33. The summed E-state index contributed by atoms with van der Waals surface area (Å²) in [7, 11) is -2.03. The zero-order valence-corrected chi connectivity index (χ0v) is 17.8. The van der Waals surface area contributed by atoms with Crippen molar-refractivity contribution in [3.05, 3.63) is 29.3 Å². The Bertz CT molecular complexity index is 619. The normalized spacial score (nSPS) is 15.0. The Morgan fingerprint density at radius 3 is 2.08 bits per heavy atom. The smallest absolute Gasteiger partial charge is 0.342 e. The van der Waals surface area contributed by atoms with Gasteiger partial charge in [0.2, 0.25) is 0 Å². The Hall–Kier alpha value is -1.36. The minimum absolute atomic E-state index is 0.152. The van der Waals surface area contributed by atoms with Crippen LogP contribution < -0.4 is 9.61 Å². The zero-order chi connectivity index (χ0) is 19.9. The van der Waals surface area contributed by atoms with Crippen LogP contribution in [0.4, 0.5) is 0 Å². The van der Waals surface area contributed by atoms with Gasteiger partial charge in [-0.25, -0.2) is 5.09 Å². The van der Waals surface area contributed by atoms with Gasteiger partial charge in [-0.15, -0.1) is 0 Å². The SMILES string of the molecule is CCOC(=O)[C@H](C)N[P@](=O)(COC)Oc1c(C(C)C)cccc1C(C)C. The molecular formula is C19H32NO5P. The van der Waals surface area contributed by atoms with Crippen molar-refractivity contribution in [2.45, 2.75) is 59.4 Å². The van der Waals surface area contributed by atoms with E-state index in [1.807, 2.05) is 18.2 Å². The van der Waals surface area contributed by atoms with E-state index in [1.165, 1.54) is 7.11 Å². The molecule has 0 spiro atoms. The highest BCUT2D eigenvalue weighted by molar-refractivity contribution is 7.57. The first-order chi connectivity index (χ1) is 12.1. The highest BCUT2D eigenvalue weighted by Crippen LogP contribution is 2.48. The largest absolute Gasteiger partial charge is 0.465 e. The number of esters is 1. The van der Waals surface area contributed by atoms with Gasteiger partial charge in [0, 0.05) is 7.11 Å². The second-order valence-corrected chi connectivity index (χ2v) is 8.91. The van der Waals surface area contributed by atoms with Gasteiger partial charge in [0.15, 0.2) is 0 Å². The molecule has 0 aliphatic heterocycles. The van der Waals surface area contributed by atoms with E-state index in [4.69, 9.17) is 14.0 Å². The van der Waals surface area contributed by atoms with Gasteiger partial charge >= 0.3 is 13.5 Å². The summed E-state index contributed by atoms with van der Waals surface area (Å²) in [6.07, 6.45) is -0.152. The molecule has 0 aromatic heterocycles. The molecule has 0 radical (unpaired) electrons. The van der Waals surface area contributed by atoms with Gasteiger partial charge in [-0.3, -0.25) is 9.36 Å². The molecule has 0 aliphatic rings. The second-order valence-electron chi connectivity index (χ2n) is 6.86. The number of hydrogen-bond donors (Lipinski definition) is 1. The zero-order valence-electron chi connectivity index (χ0n) is 16.9. The standard InChI is InChI=1S/C19H32NO5P/c1-8-24-19(21)15(6)20-26(22,12-23-7)25-18-16(13(2)3)10-9-11-17(18)14(4)5/h9-11,13-15H,8,12H2,1-7H3,(H,20,22)/t15-,26-/m0/s1. The molecule has 1 aromatic carbocycles. The maximum absolute atomic E-state index is 13.4. The van der Waals surface area contributed by atoms with Crippen molar-refractivity contribution < 1.29 is 23.4 Å². The predicted molar refractivity (Wildman–Crippen MR) is 104 cm³/mol. The third-order valence-electron chi connectivity index (χ3n) is 3.89. The Morgan fingerprint density at radius 2 is 1.65 bits per heavy atom. The molecule has 0 saturated carbocycles. The molecule has 0 heterocycles. The van der Waals surface area contributed by atoms with Crippen molar-refractivity contribution in [3.8, 4) is 5.75 Å². The lowest BCUT2D eigenvalue weighted by Gasteiger charge is -2.27. The molecule has 0 bridgehead atoms. The second kappa shape index (κ2) is 10.1. The van der Waals surface area contributed by atoms with E-state index in [0.29, 0.717) is 5.75 Å². The van der Waals surface area contributed by atoms with Crippen molar-refractivity contribution in [1.29, 1.82) is 0 Å². The lowest BCUT2D eigenvalue weighted by molar-refractivity contribution is -0.144. The highest BCUT2D eigenvalue weighted by Gasteiger charge is 2.32. The average Bonchev–Trinajstić information content (AvgIpc) is 2.54. The predicted octanol–water partition coefficient (Wildman–Crippen LogP) is 4.65. The van der Waals surface area contributed by atoms with Gasteiger partial charge in [-0.05, 0) is 36.8 Å². The summed E-state index contributed by atoms with van der Waals surface area (Å²) < 4.78 is 29.5. The Kier molecular flexibility index (Phi) is 8.81. The molecule has 1 aromatic rings. The minimum atomic E-state index is -3.48. The first kappa shape index (κ1) is 22.7. The number of carbonyl (C=O) groups excluding carboxylic acids is 1. The van der Waals surface area contributed by atoms with Gasteiger partial charge in [0.1, 0.15) is 18.1 Å². The summed E-state index contributed by atoms with van der Waals surface area (Å²) in [5.41, 5.74) is 1.94. The van der Waals surface area contributed by atoms with Crippen molar-refractivity contribution in [1.82, 2.24) is 5.09 Å². The number of hydrogen-bond acceptors (Lipinski definition) is 5. The van der Waals surface area contributed by atoms with Gasteiger partial charge in [-0.1, -0.05) is 45.9 Å². The number of benzene rings is 1. The van der Waals surface area contributed by atoms with Crippen LogP contribution in [0.3, 0.4) is 0 Å². The summed E-state index contributed by atoms with van der Waals surface area (Å²) >= 11 is 0. The molecule has 148 valence electrons. The lowest BCUT2D eigenvalue weighted by atomic mass is 9.94. The quantitative estimate of drug-likeness (QED) is 0.467. The van der Waals surface area contributed by atoms with Crippen molar-refractivity contribution >= 4 is 13.5 Å². The summed E-state index contributed by atoms with van der Waals surface area (Å²) in [6.45, 7) is 11.8. The van der Waals surface area contributed by atoms with Crippen molar-refractivity contribution in [2.24, 2.45) is 0 Å². The molecule has 2 atom stereocenters. The first-order valence-electron chi connectivity index (χ1n) is 9.00. The summed E-state index contributed by atoms with van der Waals surface area (Å²) in [5.74, 6) is 0.513. The molecule has 1 N–H and O–H groups in total. The van der Waals surface area contributed by atoms with Crippen LogP contribution in [0.1, 0.15) is 64.5 Å². The van der Waals surface area contributed by atoms with E-state index < -0.39 is 19.5 Å². The topological polar surface area (TPSA) is 73.9 Å². The fraction of sp³-hybridized carbons (Fsp3) is 0.632. The van der Waals surface area contributed by atoms with Crippen LogP contribution in [0.5, 0.6) is 5.75 Å². The summed E-state index contributed by atoms with van der Waals surface area (Å²) in [6, 6.07) is 5.15. The number of ether oxygens (including phenoxy) is 2. The molecule has 0 amide bonds. The fourth-order valence-electron chi connectivity index (χ4n) is 2.61. The van der Waals surface area contributed by atoms with E-state index in [0.717, 1.165) is 11.1 Å². The Balaban J connectivity index is 3.24. The molecule has 6 nitrogen and oxygen atoms in total. The van der Waals surface area contributed by atoms with Gasteiger partial charge in [0.05, 0.1) is 6.61 Å². The van der Waals surface area contributed by atoms with Crippen LogP contribution in [0, 0.1) is 0 Å². The third-order valence-corrected chi connectivity index (χ3v) is 5.74. The van der Waals surface area contributed by atoms with E-state index >= 15 is 0 Å². The van der Waals surface area contributed by atoms with Crippen LogP contribution in [-0.4, -0.2) is 32.1 Å². The van der Waals surface area contributed by atoms with Crippen LogP contribution in [0.2, 0.25) is 0 Å². The molecule has 7 heteroatoms. The van der Waals surface area contributed by atoms with E-state index in [9.17, 15) is 9.36 Å². The minimum Gasteiger partial charge on any atom is -0.465 e. The maximum atomic E-state index is 13.4. The van der Waals surface area contributed by atoms with Crippen LogP contribution in [0.15, 0.2) is 18.2 Å². The molecule has 0 aliphatic carbocycles. The number of nitrogens with one attached hydrogen (secondary N) is 1. The van der Waals surface area contributed by atoms with Crippen LogP contribution in [0.25, 0.3) is 0 Å². The van der Waals surface area contributed by atoms with Gasteiger partial charge in [0.25, 0.3) is 0 Å². The summed E-state index contributed by atoms with van der Waals surface area (Å²) in [5, 5.41) is 2.79. The lowest BCUT2D eigenvalue weighted by Crippen LogP contribution is -2.35. The molecule has 0 saturated heterocycles. The monoisotopic (exact) mass is 385 g/mol. The number of para-hydroxylation sites is 1. The average molecular weight is 385 g/mol. The van der Waals surface area contributed by atoms with Crippen LogP contribution in [-0.2, 0) is 18.8 Å². The van der Waals surface area contributed by atoms with E-state index in [1.54, 1.807) is 13.8 Å². The van der Waals surface area contributed by atoms with Gasteiger partial charge in [-0.2, -0.15) is 0 Å². The molecule has 0 unspecified atom stereocenters. The first-order valence-corrected chi connectivity index (χ1v) is 10.8. The molecule has 0 fully saturated rings. The molecule has 1 rings (SSSR count). The Morgan fingerprint density at radius 1 is 1.12 bits per heavy atom. The summed E-state index contributed by atoms with van der Waals surface area (Å²) in [4.78, 5) is 11.9. The molecular weight excluding hydrogens is 353 g/mol. The maximum Gasteiger partial charge on any atom is 0.342 e. The van der Waals surface area contributed by atoms with Crippen LogP contribution >= 0.6 is 7.52 Å². The van der Waals surface area contributed by atoms with Crippen molar-refractivity contribution in [2.75, 3.05) is 20.1 Å². The Labute approximate surface area is 157 Å². The number of rotatable bonds is 10. The van der Waals surface area contributed by atoms with E-state index in [2.05, 4.69) is 32.8 Å². The van der Waals surface area contributed by atoms with E-state index in [-0.39, 0.29) is 24.8 Å². The molecule has 26 heavy (non-hydrogen) atoms. The highest BCUT2D eigenvalue weighted by atomic mass is 31.2. The third kappa shape index (κ3) is 6.11. The number of methoxy groups -OCH3 is 1.